The monoisotopic (exact) mass is 323 g/mol. The highest BCUT2D eigenvalue weighted by Crippen LogP contribution is 2.33. The summed E-state index contributed by atoms with van der Waals surface area (Å²) < 4.78 is 0. The third-order valence-electron chi connectivity index (χ3n) is 1.88. The van der Waals surface area contributed by atoms with Gasteiger partial charge in [0, 0.05) is 0 Å². The van der Waals surface area contributed by atoms with Gasteiger partial charge in [0.05, 0.1) is 20.8 Å². The first-order chi connectivity index (χ1) is 8.45. The second-order valence-electron chi connectivity index (χ2n) is 3.16. The lowest BCUT2D eigenvalue weighted by molar-refractivity contribution is 1.07. The third kappa shape index (κ3) is 3.05. The molecule has 0 bridgehead atoms. The van der Waals surface area contributed by atoms with Crippen molar-refractivity contribution in [1.82, 2.24) is 15.0 Å². The molecular weight excluding hydrogens is 320 g/mol. The first-order valence-electron chi connectivity index (χ1n) is 4.54. The smallest absolute Gasteiger partial charge is 0.233 e. The minimum Gasteiger partial charge on any atom is -0.368 e. The molecule has 1 aromatic carbocycles. The van der Waals surface area contributed by atoms with E-state index in [0.29, 0.717) is 20.8 Å². The van der Waals surface area contributed by atoms with Crippen molar-refractivity contribution in [2.75, 3.05) is 11.1 Å². The molecule has 0 saturated heterocycles. The van der Waals surface area contributed by atoms with Crippen molar-refractivity contribution in [3.8, 4) is 0 Å². The molecule has 0 aliphatic rings. The number of nitrogens with two attached hydrogens (primary N) is 1. The third-order valence-corrected chi connectivity index (χ3v) is 3.09. The van der Waals surface area contributed by atoms with Crippen molar-refractivity contribution in [1.29, 1.82) is 0 Å². The Kier molecular flexibility index (Phi) is 3.97. The van der Waals surface area contributed by atoms with E-state index in [1.807, 2.05) is 0 Å². The largest absolute Gasteiger partial charge is 0.368 e. The standard InChI is InChI=1S/C9H5Cl4N5/c10-3-1-5(12)6(2-4(3)11)15-9-17-7(13)16-8(14)18-9/h1-2H,(H3,14,15,16,17,18). The molecule has 0 amide bonds. The first-order valence-corrected chi connectivity index (χ1v) is 6.05. The van der Waals surface area contributed by atoms with Gasteiger partial charge in [-0.25, -0.2) is 0 Å². The van der Waals surface area contributed by atoms with E-state index in [1.165, 1.54) is 6.07 Å². The van der Waals surface area contributed by atoms with Crippen LogP contribution in [0, 0.1) is 0 Å². The molecule has 18 heavy (non-hydrogen) atoms. The van der Waals surface area contributed by atoms with Gasteiger partial charge in [0.15, 0.2) is 0 Å². The molecule has 3 N–H and O–H groups in total. The van der Waals surface area contributed by atoms with Crippen LogP contribution in [-0.2, 0) is 0 Å². The molecule has 1 heterocycles. The Morgan fingerprint density at radius 1 is 0.889 bits per heavy atom. The Morgan fingerprint density at radius 3 is 2.22 bits per heavy atom. The maximum atomic E-state index is 5.99. The Balaban J connectivity index is 2.36. The summed E-state index contributed by atoms with van der Waals surface area (Å²) in [5.41, 5.74) is 5.92. The van der Waals surface area contributed by atoms with E-state index in [2.05, 4.69) is 20.3 Å². The van der Waals surface area contributed by atoms with Gasteiger partial charge in [-0.3, -0.25) is 0 Å². The summed E-state index contributed by atoms with van der Waals surface area (Å²) in [5.74, 6) is 0.154. The van der Waals surface area contributed by atoms with E-state index < -0.39 is 0 Å². The normalized spacial score (nSPS) is 10.4. The summed E-state index contributed by atoms with van der Waals surface area (Å²) in [7, 11) is 0. The zero-order valence-corrected chi connectivity index (χ0v) is 11.6. The average Bonchev–Trinajstić information content (AvgIpc) is 2.24. The Labute approximate surface area is 122 Å². The zero-order valence-electron chi connectivity index (χ0n) is 8.59. The Morgan fingerprint density at radius 2 is 1.56 bits per heavy atom. The number of hydrogen-bond donors (Lipinski definition) is 2. The van der Waals surface area contributed by atoms with Crippen LogP contribution < -0.4 is 11.1 Å². The Bertz CT molecular complexity index is 584. The highest BCUT2D eigenvalue weighted by atomic mass is 35.5. The SMILES string of the molecule is Nc1nc(Cl)nc(Nc2cc(Cl)c(Cl)cc2Cl)n1. The van der Waals surface area contributed by atoms with E-state index >= 15 is 0 Å². The van der Waals surface area contributed by atoms with Gasteiger partial charge in [-0.05, 0) is 23.7 Å². The van der Waals surface area contributed by atoms with E-state index in [9.17, 15) is 0 Å². The molecule has 0 aliphatic heterocycles. The molecular formula is C9H5Cl4N5. The topological polar surface area (TPSA) is 76.7 Å². The first kappa shape index (κ1) is 13.4. The van der Waals surface area contributed by atoms with Gasteiger partial charge in [0.25, 0.3) is 0 Å². The van der Waals surface area contributed by atoms with Crippen molar-refractivity contribution < 1.29 is 0 Å². The van der Waals surface area contributed by atoms with Gasteiger partial charge in [-0.1, -0.05) is 34.8 Å². The summed E-state index contributed by atoms with van der Waals surface area (Å²) >= 11 is 23.3. The van der Waals surface area contributed by atoms with Crippen molar-refractivity contribution in [2.45, 2.75) is 0 Å². The number of nitrogens with zero attached hydrogens (tertiary/aromatic N) is 3. The molecule has 0 spiro atoms. The zero-order chi connectivity index (χ0) is 13.3. The highest BCUT2D eigenvalue weighted by Gasteiger charge is 2.09. The molecule has 0 fully saturated rings. The molecule has 5 nitrogen and oxygen atoms in total. The van der Waals surface area contributed by atoms with Gasteiger partial charge >= 0.3 is 0 Å². The van der Waals surface area contributed by atoms with E-state index in [0.717, 1.165) is 0 Å². The lowest BCUT2D eigenvalue weighted by Gasteiger charge is -2.08. The second-order valence-corrected chi connectivity index (χ2v) is 4.72. The van der Waals surface area contributed by atoms with Crippen LogP contribution in [0.4, 0.5) is 17.6 Å². The van der Waals surface area contributed by atoms with E-state index in [1.54, 1.807) is 6.07 Å². The van der Waals surface area contributed by atoms with Gasteiger partial charge in [-0.15, -0.1) is 0 Å². The minimum atomic E-state index is -0.0267. The van der Waals surface area contributed by atoms with Crippen LogP contribution in [0.1, 0.15) is 0 Å². The predicted molar refractivity (Wildman–Crippen MR) is 74.0 cm³/mol. The molecule has 0 unspecified atom stereocenters. The van der Waals surface area contributed by atoms with E-state index in [-0.39, 0.29) is 17.2 Å². The number of anilines is 3. The fraction of sp³-hybridized carbons (Fsp3) is 0. The van der Waals surface area contributed by atoms with Crippen LogP contribution in [0.2, 0.25) is 20.4 Å². The maximum Gasteiger partial charge on any atom is 0.233 e. The average molecular weight is 325 g/mol. The van der Waals surface area contributed by atoms with Crippen LogP contribution in [0.3, 0.4) is 0 Å². The molecule has 94 valence electrons. The van der Waals surface area contributed by atoms with Gasteiger partial charge in [-0.2, -0.15) is 15.0 Å². The van der Waals surface area contributed by atoms with Crippen LogP contribution in [0.15, 0.2) is 12.1 Å². The van der Waals surface area contributed by atoms with Gasteiger partial charge in [0.2, 0.25) is 17.2 Å². The van der Waals surface area contributed by atoms with Crippen molar-refractivity contribution in [3.63, 3.8) is 0 Å². The molecule has 0 saturated carbocycles. The van der Waals surface area contributed by atoms with Crippen LogP contribution >= 0.6 is 46.4 Å². The fourth-order valence-electron chi connectivity index (χ4n) is 1.16. The van der Waals surface area contributed by atoms with Crippen molar-refractivity contribution in [2.24, 2.45) is 0 Å². The molecule has 0 atom stereocenters. The summed E-state index contributed by atoms with van der Waals surface area (Å²) in [6.07, 6.45) is 0. The Hall–Kier alpha value is -1.01. The summed E-state index contributed by atoms with van der Waals surface area (Å²) in [6, 6.07) is 3.04. The number of hydrogen-bond acceptors (Lipinski definition) is 5. The molecule has 1 aromatic heterocycles. The van der Waals surface area contributed by atoms with Gasteiger partial charge in [0.1, 0.15) is 0 Å². The number of nitrogen functional groups attached to an aromatic ring is 1. The van der Waals surface area contributed by atoms with Crippen LogP contribution in [0.25, 0.3) is 0 Å². The number of nitrogens with one attached hydrogen (secondary N) is 1. The van der Waals surface area contributed by atoms with Crippen molar-refractivity contribution in [3.05, 3.63) is 32.5 Å². The molecule has 2 rings (SSSR count). The van der Waals surface area contributed by atoms with Gasteiger partial charge < -0.3 is 11.1 Å². The fourth-order valence-corrected chi connectivity index (χ4v) is 1.92. The molecule has 0 aliphatic carbocycles. The number of benzene rings is 1. The van der Waals surface area contributed by atoms with Crippen LogP contribution in [0.5, 0.6) is 0 Å². The predicted octanol–water partition coefficient (Wildman–Crippen LogP) is 3.81. The molecule has 2 aromatic rings. The second kappa shape index (κ2) is 5.32. The maximum absolute atomic E-state index is 5.99. The quantitative estimate of drug-likeness (QED) is 0.821. The number of rotatable bonds is 2. The minimum absolute atomic E-state index is 0.00585. The van der Waals surface area contributed by atoms with Crippen LogP contribution in [-0.4, -0.2) is 15.0 Å². The lowest BCUT2D eigenvalue weighted by atomic mass is 10.3. The number of halogens is 4. The lowest BCUT2D eigenvalue weighted by Crippen LogP contribution is -2.03. The van der Waals surface area contributed by atoms with Crippen molar-refractivity contribution >= 4 is 64.0 Å². The van der Waals surface area contributed by atoms with E-state index in [4.69, 9.17) is 52.1 Å². The summed E-state index contributed by atoms with van der Waals surface area (Å²) in [4.78, 5) is 11.3. The molecule has 9 heteroatoms. The summed E-state index contributed by atoms with van der Waals surface area (Å²) in [6.45, 7) is 0. The highest BCUT2D eigenvalue weighted by molar-refractivity contribution is 6.44. The number of aromatic nitrogens is 3. The molecule has 0 radical (unpaired) electrons. The summed E-state index contributed by atoms with van der Waals surface area (Å²) in [5, 5.41) is 3.85.